The normalized spacial score (nSPS) is 15.4. The van der Waals surface area contributed by atoms with Gasteiger partial charge in [0.1, 0.15) is 17.6 Å². The van der Waals surface area contributed by atoms with Crippen molar-refractivity contribution in [2.24, 2.45) is 0 Å². The first-order valence-corrected chi connectivity index (χ1v) is 10.6. The minimum atomic E-state index is -1.03. The van der Waals surface area contributed by atoms with Gasteiger partial charge in [0.05, 0.1) is 12.1 Å². The van der Waals surface area contributed by atoms with Crippen LogP contribution in [0.5, 0.6) is 5.75 Å². The minimum Gasteiger partial charge on any atom is -0.427 e. The maximum absolute atomic E-state index is 13.4. The molecule has 1 atom stereocenters. The lowest BCUT2D eigenvalue weighted by atomic mass is 10.1. The van der Waals surface area contributed by atoms with Gasteiger partial charge < -0.3 is 9.64 Å². The Kier molecular flexibility index (Phi) is 6.49. The van der Waals surface area contributed by atoms with Crippen LogP contribution in [0, 0.1) is 5.82 Å². The lowest BCUT2D eigenvalue weighted by molar-refractivity contribution is -0.132. The summed E-state index contributed by atoms with van der Waals surface area (Å²) in [6, 6.07) is 19.1. The molecule has 1 saturated heterocycles. The standard InChI is InChI=1S/C26H21FN2O5/c1-17(30)34-22-13-11-21(12-14-22)29-24(31)15-23(26(29)33)28(16-18-5-3-2-4-6-18)25(32)19-7-9-20(27)10-8-19/h2-14,23H,15-16H2,1H3. The number of benzene rings is 3. The van der Waals surface area contributed by atoms with Gasteiger partial charge in [0.15, 0.2) is 0 Å². The van der Waals surface area contributed by atoms with E-state index in [1.165, 1.54) is 60.4 Å². The van der Waals surface area contributed by atoms with Crippen LogP contribution in [0.15, 0.2) is 78.9 Å². The number of esters is 1. The van der Waals surface area contributed by atoms with Crippen LogP contribution in [0.3, 0.4) is 0 Å². The first kappa shape index (κ1) is 22.8. The summed E-state index contributed by atoms with van der Waals surface area (Å²) in [6.07, 6.45) is -0.190. The van der Waals surface area contributed by atoms with Crippen LogP contribution < -0.4 is 9.64 Å². The molecule has 3 aromatic rings. The second-order valence-corrected chi connectivity index (χ2v) is 7.80. The van der Waals surface area contributed by atoms with Gasteiger partial charge >= 0.3 is 5.97 Å². The molecule has 3 amide bonds. The highest BCUT2D eigenvalue weighted by molar-refractivity contribution is 6.23. The number of ether oxygens (including phenoxy) is 1. The zero-order valence-corrected chi connectivity index (χ0v) is 18.3. The molecule has 4 rings (SSSR count). The third-order valence-electron chi connectivity index (χ3n) is 5.40. The smallest absolute Gasteiger partial charge is 0.308 e. The van der Waals surface area contributed by atoms with Crippen LogP contribution in [0.1, 0.15) is 29.3 Å². The van der Waals surface area contributed by atoms with Gasteiger partial charge in [0.25, 0.3) is 11.8 Å². The summed E-state index contributed by atoms with van der Waals surface area (Å²) in [5.41, 5.74) is 1.30. The van der Waals surface area contributed by atoms with Crippen molar-refractivity contribution >= 4 is 29.4 Å². The number of carbonyl (C=O) groups excluding carboxylic acids is 4. The van der Waals surface area contributed by atoms with Gasteiger partial charge in [-0.15, -0.1) is 0 Å². The minimum absolute atomic E-state index is 0.0972. The summed E-state index contributed by atoms with van der Waals surface area (Å²) >= 11 is 0. The van der Waals surface area contributed by atoms with E-state index in [-0.39, 0.29) is 24.3 Å². The maximum Gasteiger partial charge on any atom is 0.308 e. The molecule has 0 radical (unpaired) electrons. The average Bonchev–Trinajstić information content (AvgIpc) is 3.12. The van der Waals surface area contributed by atoms with Crippen molar-refractivity contribution < 1.29 is 28.3 Å². The van der Waals surface area contributed by atoms with Gasteiger partial charge in [0.2, 0.25) is 5.91 Å². The molecule has 0 N–H and O–H groups in total. The molecule has 1 fully saturated rings. The van der Waals surface area contributed by atoms with Crippen molar-refractivity contribution in [2.75, 3.05) is 4.90 Å². The molecule has 3 aromatic carbocycles. The van der Waals surface area contributed by atoms with Crippen molar-refractivity contribution in [1.82, 2.24) is 4.90 Å². The first-order chi connectivity index (χ1) is 16.3. The molecule has 0 aromatic heterocycles. The van der Waals surface area contributed by atoms with Crippen LogP contribution in [0.4, 0.5) is 10.1 Å². The molecule has 1 aliphatic rings. The molecule has 0 bridgehead atoms. The number of carbonyl (C=O) groups is 4. The van der Waals surface area contributed by atoms with Crippen molar-refractivity contribution in [3.8, 4) is 5.75 Å². The highest BCUT2D eigenvalue weighted by atomic mass is 19.1. The number of hydrogen-bond acceptors (Lipinski definition) is 5. The van der Waals surface area contributed by atoms with Crippen LogP contribution in [-0.2, 0) is 20.9 Å². The van der Waals surface area contributed by atoms with Crippen LogP contribution in [0.25, 0.3) is 0 Å². The Labute approximate surface area is 195 Å². The van der Waals surface area contributed by atoms with E-state index < -0.39 is 35.5 Å². The number of rotatable bonds is 6. The second-order valence-electron chi connectivity index (χ2n) is 7.80. The van der Waals surface area contributed by atoms with Crippen LogP contribution in [0.2, 0.25) is 0 Å². The van der Waals surface area contributed by atoms with Crippen molar-refractivity contribution in [2.45, 2.75) is 25.9 Å². The molecule has 7 nitrogen and oxygen atoms in total. The maximum atomic E-state index is 13.4. The van der Waals surface area contributed by atoms with Crippen molar-refractivity contribution in [3.63, 3.8) is 0 Å². The SMILES string of the molecule is CC(=O)Oc1ccc(N2C(=O)CC(N(Cc3ccccc3)C(=O)c3ccc(F)cc3)C2=O)cc1. The molecular formula is C26H21FN2O5. The molecule has 172 valence electrons. The summed E-state index contributed by atoms with van der Waals surface area (Å²) in [5, 5.41) is 0. The third-order valence-corrected chi connectivity index (χ3v) is 5.40. The number of halogens is 1. The van der Waals surface area contributed by atoms with Crippen LogP contribution >= 0.6 is 0 Å². The molecule has 34 heavy (non-hydrogen) atoms. The van der Waals surface area contributed by atoms with E-state index in [1.54, 1.807) is 0 Å². The Bertz CT molecular complexity index is 1230. The molecule has 0 saturated carbocycles. The van der Waals surface area contributed by atoms with E-state index >= 15 is 0 Å². The summed E-state index contributed by atoms with van der Waals surface area (Å²) < 4.78 is 18.4. The Morgan fingerprint density at radius 1 is 0.971 bits per heavy atom. The molecule has 1 unspecified atom stereocenters. The average molecular weight is 460 g/mol. The predicted molar refractivity (Wildman–Crippen MR) is 121 cm³/mol. The fraction of sp³-hybridized carbons (Fsp3) is 0.154. The van der Waals surface area contributed by atoms with E-state index in [1.807, 2.05) is 30.3 Å². The lowest BCUT2D eigenvalue weighted by Crippen LogP contribution is -2.45. The van der Waals surface area contributed by atoms with Gasteiger partial charge in [-0.1, -0.05) is 30.3 Å². The Balaban J connectivity index is 1.64. The molecule has 1 aliphatic heterocycles. The predicted octanol–water partition coefficient (Wildman–Crippen LogP) is 3.73. The number of anilines is 1. The first-order valence-electron chi connectivity index (χ1n) is 10.6. The zero-order chi connectivity index (χ0) is 24.2. The monoisotopic (exact) mass is 460 g/mol. The fourth-order valence-corrected chi connectivity index (χ4v) is 3.82. The Morgan fingerprint density at radius 3 is 2.24 bits per heavy atom. The van der Waals surface area contributed by atoms with Gasteiger partial charge in [-0.2, -0.15) is 0 Å². The largest absolute Gasteiger partial charge is 0.427 e. The van der Waals surface area contributed by atoms with E-state index in [2.05, 4.69) is 0 Å². The van der Waals surface area contributed by atoms with Gasteiger partial charge in [-0.05, 0) is 54.1 Å². The fourth-order valence-electron chi connectivity index (χ4n) is 3.82. The topological polar surface area (TPSA) is 84.0 Å². The number of hydrogen-bond donors (Lipinski definition) is 0. The molecule has 1 heterocycles. The van der Waals surface area contributed by atoms with E-state index in [9.17, 15) is 23.6 Å². The van der Waals surface area contributed by atoms with Gasteiger partial charge in [0, 0.05) is 19.0 Å². The van der Waals surface area contributed by atoms with E-state index in [0.717, 1.165) is 10.5 Å². The van der Waals surface area contributed by atoms with Crippen LogP contribution in [-0.4, -0.2) is 34.6 Å². The van der Waals surface area contributed by atoms with E-state index in [0.29, 0.717) is 5.69 Å². The van der Waals surface area contributed by atoms with E-state index in [4.69, 9.17) is 4.74 Å². The molecule has 0 aliphatic carbocycles. The molecule has 0 spiro atoms. The number of imide groups is 1. The molecule has 8 heteroatoms. The highest BCUT2D eigenvalue weighted by Gasteiger charge is 2.44. The summed E-state index contributed by atoms with van der Waals surface area (Å²) in [7, 11) is 0. The lowest BCUT2D eigenvalue weighted by Gasteiger charge is -2.28. The third kappa shape index (κ3) is 4.85. The summed E-state index contributed by atoms with van der Waals surface area (Å²) in [4.78, 5) is 53.1. The van der Waals surface area contributed by atoms with Crippen molar-refractivity contribution in [1.29, 1.82) is 0 Å². The van der Waals surface area contributed by atoms with Gasteiger partial charge in [-0.25, -0.2) is 9.29 Å². The Hall–Kier alpha value is -4.33. The quantitative estimate of drug-likeness (QED) is 0.318. The van der Waals surface area contributed by atoms with Crippen molar-refractivity contribution in [3.05, 3.63) is 95.8 Å². The highest BCUT2D eigenvalue weighted by Crippen LogP contribution is 2.29. The summed E-state index contributed by atoms with van der Waals surface area (Å²) in [6.45, 7) is 1.37. The second kappa shape index (κ2) is 9.66. The number of amides is 3. The zero-order valence-electron chi connectivity index (χ0n) is 18.3. The summed E-state index contributed by atoms with van der Waals surface area (Å²) in [5.74, 6) is -2.18. The molecular weight excluding hydrogens is 439 g/mol. The number of nitrogens with zero attached hydrogens (tertiary/aromatic N) is 2. The van der Waals surface area contributed by atoms with Gasteiger partial charge in [-0.3, -0.25) is 19.2 Å². The Morgan fingerprint density at radius 2 is 1.62 bits per heavy atom.